The maximum Gasteiger partial charge on any atom is 0.328 e. The van der Waals surface area contributed by atoms with E-state index in [1.165, 1.54) is 74.6 Å². The summed E-state index contributed by atoms with van der Waals surface area (Å²) in [7, 11) is 7.28. The SMILES string of the molecule is CCC(C)C(C(CC(=O)N1CCCC1C(OC)C(C)C(=O)NC(Cc1ccccc1)C(=O)OC)OC)N(C)C(=O)CNC(=O)C(C(C)C)N(C)C(=O)c1ccc(/C(C)=N/NC(=O)c2ccc(NC(=O)CCCCCN3C(=O)C=CC3=O)cc2[N+](=O)[O-])cc1. The van der Waals surface area contributed by atoms with Crippen LogP contribution < -0.4 is 21.4 Å². The second-order valence-electron chi connectivity index (χ2n) is 22.5. The summed E-state index contributed by atoms with van der Waals surface area (Å²) in [6.07, 6.45) is 4.40. The molecule has 0 saturated carbocycles. The number of nitro groups is 1. The Kier molecular flexibility index (Phi) is 26.6. The summed E-state index contributed by atoms with van der Waals surface area (Å²) in [5.74, 6) is -6.27. The molecule has 1 saturated heterocycles. The molecule has 0 radical (unpaired) electrons. The third-order valence-corrected chi connectivity index (χ3v) is 16.2. The van der Waals surface area contributed by atoms with Crippen molar-refractivity contribution in [3.63, 3.8) is 0 Å². The molecule has 0 spiro atoms. The summed E-state index contributed by atoms with van der Waals surface area (Å²) in [5, 5.41) is 24.3. The number of hydrogen-bond donors (Lipinski definition) is 4. The Balaban J connectivity index is 1.15. The number of ether oxygens (including phenoxy) is 3. The van der Waals surface area contributed by atoms with Crippen molar-refractivity contribution in [3.05, 3.63) is 117 Å². The molecule has 3 aromatic rings. The minimum Gasteiger partial charge on any atom is -0.467 e. The normalized spacial score (nSPS) is 16.4. The van der Waals surface area contributed by atoms with E-state index in [4.69, 9.17) is 14.2 Å². The number of carbonyl (C=O) groups excluding carboxylic acids is 10. The van der Waals surface area contributed by atoms with Crippen molar-refractivity contribution in [1.82, 2.24) is 35.7 Å². The molecule has 1 fully saturated rings. The monoisotopic (exact) mass is 1220 g/mol. The number of benzene rings is 3. The lowest BCUT2D eigenvalue weighted by Crippen LogP contribution is -2.56. The van der Waals surface area contributed by atoms with Gasteiger partial charge in [-0.05, 0) is 79.8 Å². The minimum absolute atomic E-state index is 0.0754. The van der Waals surface area contributed by atoms with E-state index in [0.717, 1.165) is 16.5 Å². The fourth-order valence-electron chi connectivity index (χ4n) is 11.1. The van der Waals surface area contributed by atoms with Gasteiger partial charge in [0.25, 0.3) is 29.3 Å². The predicted molar refractivity (Wildman–Crippen MR) is 326 cm³/mol. The molecule has 2 heterocycles. The van der Waals surface area contributed by atoms with Gasteiger partial charge >= 0.3 is 5.97 Å². The highest BCUT2D eigenvalue weighted by atomic mass is 16.6. The van der Waals surface area contributed by atoms with Crippen LogP contribution in [0.15, 0.2) is 90.0 Å². The van der Waals surface area contributed by atoms with Crippen molar-refractivity contribution in [3.8, 4) is 0 Å². The van der Waals surface area contributed by atoms with Crippen LogP contribution in [0, 0.1) is 27.9 Å². The Bertz CT molecular complexity index is 3040. The number of likely N-dealkylation sites (N-methyl/N-ethyl adjacent to an activating group) is 2. The van der Waals surface area contributed by atoms with Gasteiger partial charge in [0.05, 0.1) is 60.9 Å². The smallest absolute Gasteiger partial charge is 0.328 e. The summed E-state index contributed by atoms with van der Waals surface area (Å²) in [4.78, 5) is 149. The van der Waals surface area contributed by atoms with Crippen LogP contribution in [0.4, 0.5) is 11.4 Å². The van der Waals surface area contributed by atoms with Gasteiger partial charge in [0.2, 0.25) is 29.5 Å². The second-order valence-corrected chi connectivity index (χ2v) is 22.5. The molecule has 8 atom stereocenters. The van der Waals surface area contributed by atoms with Gasteiger partial charge in [-0.2, -0.15) is 5.10 Å². The van der Waals surface area contributed by atoms with Crippen LogP contribution in [0.2, 0.25) is 0 Å². The molecule has 0 aliphatic carbocycles. The third kappa shape index (κ3) is 18.7. The van der Waals surface area contributed by atoms with E-state index >= 15 is 0 Å². The molecule has 2 aliphatic heterocycles. The van der Waals surface area contributed by atoms with Gasteiger partial charge in [-0.15, -0.1) is 0 Å². The van der Waals surface area contributed by atoms with Crippen molar-refractivity contribution in [1.29, 1.82) is 0 Å². The molecule has 88 heavy (non-hydrogen) atoms. The van der Waals surface area contributed by atoms with E-state index in [1.807, 2.05) is 44.2 Å². The molecule has 0 aromatic heterocycles. The first-order valence-corrected chi connectivity index (χ1v) is 29.5. The minimum atomic E-state index is -1.02. The number of likely N-dealkylation sites (tertiary alicyclic amines) is 1. The third-order valence-electron chi connectivity index (χ3n) is 16.2. The van der Waals surface area contributed by atoms with E-state index in [1.54, 1.807) is 51.8 Å². The molecule has 4 N–H and O–H groups in total. The Labute approximate surface area is 513 Å². The Morgan fingerprint density at radius 3 is 2.09 bits per heavy atom. The number of hydrogen-bond acceptors (Lipinski definition) is 16. The lowest BCUT2D eigenvalue weighted by atomic mass is 9.90. The number of anilines is 1. The number of unbranched alkanes of at least 4 members (excludes halogenated alkanes) is 2. The summed E-state index contributed by atoms with van der Waals surface area (Å²) < 4.78 is 16.9. The van der Waals surface area contributed by atoms with Gasteiger partial charge in [0.1, 0.15) is 17.6 Å². The summed E-state index contributed by atoms with van der Waals surface area (Å²) in [6.45, 7) is 10.9. The van der Waals surface area contributed by atoms with Crippen LogP contribution in [0.25, 0.3) is 0 Å². The number of methoxy groups -OCH3 is 3. The topological polar surface area (TPSA) is 315 Å². The number of nitro benzene ring substituents is 1. The van der Waals surface area contributed by atoms with Gasteiger partial charge in [-0.3, -0.25) is 58.2 Å². The number of carbonyl (C=O) groups is 10. The molecule has 2 aliphatic rings. The van der Waals surface area contributed by atoms with E-state index in [-0.39, 0.29) is 72.0 Å². The number of rotatable bonds is 32. The molecule has 3 aromatic carbocycles. The molecular formula is C63H84N10O15. The Hall–Kier alpha value is -8.71. The number of nitrogens with one attached hydrogen (secondary N) is 4. The highest BCUT2D eigenvalue weighted by Gasteiger charge is 2.43. The average molecular weight is 1220 g/mol. The van der Waals surface area contributed by atoms with Crippen molar-refractivity contribution in [2.75, 3.05) is 60.4 Å². The summed E-state index contributed by atoms with van der Waals surface area (Å²) >= 11 is 0. The number of amides is 9. The summed E-state index contributed by atoms with van der Waals surface area (Å²) in [5.41, 5.74) is 3.33. The highest BCUT2D eigenvalue weighted by molar-refractivity contribution is 6.13. The van der Waals surface area contributed by atoms with E-state index < -0.39 is 107 Å². The number of nitrogens with zero attached hydrogens (tertiary/aromatic N) is 6. The Morgan fingerprint density at radius 1 is 0.830 bits per heavy atom. The number of hydrazone groups is 1. The van der Waals surface area contributed by atoms with Gasteiger partial charge < -0.3 is 44.9 Å². The average Bonchev–Trinajstić information content (AvgIpc) is 2.01. The van der Waals surface area contributed by atoms with Gasteiger partial charge in [-0.25, -0.2) is 10.2 Å². The number of esters is 1. The number of imide groups is 1. The summed E-state index contributed by atoms with van der Waals surface area (Å²) in [6, 6.07) is 15.9. The first-order valence-electron chi connectivity index (χ1n) is 29.5. The quantitative estimate of drug-likeness (QED) is 0.0156. The van der Waals surface area contributed by atoms with E-state index in [9.17, 15) is 58.1 Å². The molecule has 25 nitrogen and oxygen atoms in total. The van der Waals surface area contributed by atoms with Crippen molar-refractivity contribution in [2.45, 2.75) is 136 Å². The predicted octanol–water partition coefficient (Wildman–Crippen LogP) is 5.21. The fourth-order valence-corrected chi connectivity index (χ4v) is 11.1. The zero-order valence-corrected chi connectivity index (χ0v) is 52.1. The van der Waals surface area contributed by atoms with Gasteiger partial charge in [-0.1, -0.05) is 89.9 Å². The molecule has 476 valence electrons. The van der Waals surface area contributed by atoms with Crippen molar-refractivity contribution in [2.24, 2.45) is 22.9 Å². The zero-order valence-electron chi connectivity index (χ0n) is 52.1. The lowest BCUT2D eigenvalue weighted by Gasteiger charge is -2.39. The van der Waals surface area contributed by atoms with E-state index in [2.05, 4.69) is 26.5 Å². The molecule has 25 heteroatoms. The maximum atomic E-state index is 14.4. The highest BCUT2D eigenvalue weighted by Crippen LogP contribution is 2.30. The molecule has 0 bridgehead atoms. The van der Waals surface area contributed by atoms with Crippen LogP contribution in [0.5, 0.6) is 0 Å². The first-order chi connectivity index (χ1) is 41.9. The van der Waals surface area contributed by atoms with E-state index in [0.29, 0.717) is 50.6 Å². The van der Waals surface area contributed by atoms with Gasteiger partial charge in [0, 0.05) is 83.7 Å². The Morgan fingerprint density at radius 2 is 1.49 bits per heavy atom. The zero-order chi connectivity index (χ0) is 64.9. The fraction of sp³-hybridized carbons (Fsp3) is 0.508. The van der Waals surface area contributed by atoms with Crippen molar-refractivity contribution < 1.29 is 67.1 Å². The first kappa shape index (κ1) is 70.1. The van der Waals surface area contributed by atoms with Gasteiger partial charge in [0.15, 0.2) is 0 Å². The maximum absolute atomic E-state index is 14.4. The largest absolute Gasteiger partial charge is 0.467 e. The van der Waals surface area contributed by atoms with Crippen LogP contribution in [-0.4, -0.2) is 181 Å². The van der Waals surface area contributed by atoms with Crippen LogP contribution in [-0.2, 0) is 59.0 Å². The second kappa shape index (κ2) is 33.4. The van der Waals surface area contributed by atoms with Crippen LogP contribution in [0.1, 0.15) is 125 Å². The lowest BCUT2D eigenvalue weighted by molar-refractivity contribution is -0.385. The van der Waals surface area contributed by atoms with Crippen molar-refractivity contribution >= 4 is 76.2 Å². The molecule has 8 unspecified atom stereocenters. The van der Waals surface area contributed by atoms with Crippen LogP contribution in [0.3, 0.4) is 0 Å². The molecule has 9 amide bonds. The van der Waals surface area contributed by atoms with Crippen LogP contribution >= 0.6 is 0 Å². The molecule has 5 rings (SSSR count). The molecular weight excluding hydrogens is 1140 g/mol. The standard InChI is InChI=1S/C63H84N10O15/c1-12-39(4)57(50(86-9)36-54(77)71-33-19-22-48(71)58(87-10)40(5)59(79)66-47(63(83)88-11)34-42-20-15-13-16-21-42)69(7)55(78)37-64-61(81)56(38(2)3)70(8)62(82)44-26-24-43(25-27-44)41(6)67-68-60(80)46-29-28-45(35-49(46)73(84)85)65-51(74)23-17-14-18-32-72-52(75)30-31-53(72)76/h13,15-16,20-21,24-31,35,38-40,47-48,50,56-58H,12,14,17-19,22-23,32-34,36-37H2,1-11H3,(H,64,81)(H,65,74)(H,66,79)(H,68,80)/b67-41+.